The molecule has 0 aliphatic heterocycles. The molecule has 0 atom stereocenters. The number of H-pyrrole nitrogens is 1. The molecule has 2 heterocycles. The largest absolute Gasteiger partial charge is 0.334 e. The maximum atomic E-state index is 12.8. The van der Waals surface area contributed by atoms with Gasteiger partial charge in [0, 0.05) is 36.4 Å². The highest BCUT2D eigenvalue weighted by Crippen LogP contribution is 2.31. The summed E-state index contributed by atoms with van der Waals surface area (Å²) in [6.07, 6.45) is 4.89. The lowest BCUT2D eigenvalue weighted by Crippen LogP contribution is -2.28. The molecule has 0 aliphatic carbocycles. The van der Waals surface area contributed by atoms with Gasteiger partial charge in [0.15, 0.2) is 0 Å². The van der Waals surface area contributed by atoms with Crippen LogP contribution in [0.2, 0.25) is 0 Å². The van der Waals surface area contributed by atoms with Crippen molar-refractivity contribution in [2.24, 2.45) is 0 Å². The van der Waals surface area contributed by atoms with Gasteiger partial charge in [0.05, 0.1) is 16.3 Å². The van der Waals surface area contributed by atoms with Crippen LogP contribution in [0, 0.1) is 0 Å². The Kier molecular flexibility index (Phi) is 6.13. The molecule has 2 aromatic heterocycles. The number of amides is 2. The first-order valence-electron chi connectivity index (χ1n) is 9.67. The number of pyridine rings is 1. The number of hydrogen-bond donors (Lipinski definition) is 4. The van der Waals surface area contributed by atoms with Crippen LogP contribution in [0.25, 0.3) is 11.3 Å². The Morgan fingerprint density at radius 1 is 0.969 bits per heavy atom. The third kappa shape index (κ3) is 5.10. The molecule has 0 saturated carbocycles. The van der Waals surface area contributed by atoms with Gasteiger partial charge in [-0.2, -0.15) is 5.10 Å². The Bertz CT molecular complexity index is 1290. The summed E-state index contributed by atoms with van der Waals surface area (Å²) in [5.41, 5.74) is 2.83. The van der Waals surface area contributed by atoms with E-state index in [2.05, 4.69) is 30.5 Å². The van der Waals surface area contributed by atoms with Crippen molar-refractivity contribution in [2.75, 3.05) is 10.0 Å². The van der Waals surface area contributed by atoms with Gasteiger partial charge in [-0.3, -0.25) is 14.8 Å². The lowest BCUT2D eigenvalue weighted by molar-refractivity contribution is 0.251. The summed E-state index contributed by atoms with van der Waals surface area (Å²) in [6, 6.07) is 17.9. The van der Waals surface area contributed by atoms with Crippen LogP contribution in [-0.4, -0.2) is 29.6 Å². The standard InChI is InChI=1S/C22H20N6O3S/c29-22(24-15-16-5-4-11-23-14-16)26-17-8-9-21(19(13-17)20-10-12-25-27-20)28-32(30,31)18-6-2-1-3-7-18/h1-14,28H,15H2,(H,25,27)(H2,24,26,29). The molecule has 0 spiro atoms. The molecule has 0 radical (unpaired) electrons. The number of hydrogen-bond acceptors (Lipinski definition) is 5. The minimum Gasteiger partial charge on any atom is -0.334 e. The number of aromatic nitrogens is 3. The molecule has 2 aromatic carbocycles. The molecule has 2 amide bonds. The van der Waals surface area contributed by atoms with Crippen molar-refractivity contribution in [1.82, 2.24) is 20.5 Å². The second-order valence-corrected chi connectivity index (χ2v) is 8.50. The maximum Gasteiger partial charge on any atom is 0.319 e. The molecule has 0 aliphatic rings. The third-order valence-corrected chi connectivity index (χ3v) is 5.92. The molecule has 0 bridgehead atoms. The molecule has 4 rings (SSSR count). The molecule has 0 saturated heterocycles. The molecule has 32 heavy (non-hydrogen) atoms. The Morgan fingerprint density at radius 2 is 1.81 bits per heavy atom. The number of benzene rings is 2. The number of urea groups is 1. The van der Waals surface area contributed by atoms with E-state index < -0.39 is 16.1 Å². The zero-order valence-electron chi connectivity index (χ0n) is 16.8. The van der Waals surface area contributed by atoms with Crippen LogP contribution >= 0.6 is 0 Å². The van der Waals surface area contributed by atoms with E-state index in [4.69, 9.17) is 0 Å². The van der Waals surface area contributed by atoms with Crippen molar-refractivity contribution in [2.45, 2.75) is 11.4 Å². The maximum absolute atomic E-state index is 12.8. The van der Waals surface area contributed by atoms with Gasteiger partial charge in [0.2, 0.25) is 0 Å². The van der Waals surface area contributed by atoms with E-state index in [9.17, 15) is 13.2 Å². The highest BCUT2D eigenvalue weighted by atomic mass is 32.2. The second-order valence-electron chi connectivity index (χ2n) is 6.82. The molecule has 0 fully saturated rings. The molecule has 4 aromatic rings. The molecule has 10 heteroatoms. The Balaban J connectivity index is 1.55. The average molecular weight is 449 g/mol. The van der Waals surface area contributed by atoms with Gasteiger partial charge in [0.1, 0.15) is 0 Å². The first-order valence-corrected chi connectivity index (χ1v) is 11.1. The van der Waals surface area contributed by atoms with E-state index in [1.165, 1.54) is 12.1 Å². The van der Waals surface area contributed by atoms with Crippen LogP contribution in [0.5, 0.6) is 0 Å². The van der Waals surface area contributed by atoms with Crippen LogP contribution in [0.15, 0.2) is 90.2 Å². The van der Waals surface area contributed by atoms with Crippen molar-refractivity contribution in [3.05, 3.63) is 90.9 Å². The van der Waals surface area contributed by atoms with Crippen LogP contribution in [0.1, 0.15) is 5.56 Å². The van der Waals surface area contributed by atoms with Gasteiger partial charge in [-0.15, -0.1) is 0 Å². The molecule has 9 nitrogen and oxygen atoms in total. The summed E-state index contributed by atoms with van der Waals surface area (Å²) in [5, 5.41) is 12.3. The number of carbonyl (C=O) groups is 1. The highest BCUT2D eigenvalue weighted by molar-refractivity contribution is 7.92. The van der Waals surface area contributed by atoms with E-state index in [1.54, 1.807) is 67.1 Å². The van der Waals surface area contributed by atoms with Gasteiger partial charge < -0.3 is 10.6 Å². The molecular weight excluding hydrogens is 428 g/mol. The topological polar surface area (TPSA) is 129 Å². The zero-order valence-corrected chi connectivity index (χ0v) is 17.6. The Morgan fingerprint density at radius 3 is 2.53 bits per heavy atom. The lowest BCUT2D eigenvalue weighted by Gasteiger charge is -2.14. The fourth-order valence-corrected chi connectivity index (χ4v) is 4.10. The molecule has 0 unspecified atom stereocenters. The fraction of sp³-hybridized carbons (Fsp3) is 0.0455. The average Bonchev–Trinajstić information content (AvgIpc) is 3.35. The van der Waals surface area contributed by atoms with Gasteiger partial charge in [-0.25, -0.2) is 13.2 Å². The highest BCUT2D eigenvalue weighted by Gasteiger charge is 2.17. The van der Waals surface area contributed by atoms with E-state index in [1.807, 2.05) is 6.07 Å². The monoisotopic (exact) mass is 448 g/mol. The summed E-state index contributed by atoms with van der Waals surface area (Å²) in [5.74, 6) is 0. The first-order chi connectivity index (χ1) is 15.5. The third-order valence-electron chi connectivity index (χ3n) is 4.54. The van der Waals surface area contributed by atoms with E-state index in [0.717, 1.165) is 5.56 Å². The van der Waals surface area contributed by atoms with Crippen molar-refractivity contribution in [3.63, 3.8) is 0 Å². The van der Waals surface area contributed by atoms with Crippen molar-refractivity contribution >= 4 is 27.4 Å². The van der Waals surface area contributed by atoms with Crippen LogP contribution in [0.4, 0.5) is 16.2 Å². The lowest BCUT2D eigenvalue weighted by atomic mass is 10.1. The predicted octanol–water partition coefficient (Wildman–Crippen LogP) is 3.59. The van der Waals surface area contributed by atoms with Crippen LogP contribution in [0.3, 0.4) is 0 Å². The minimum atomic E-state index is -3.79. The number of aromatic amines is 1. The van der Waals surface area contributed by atoms with E-state index >= 15 is 0 Å². The van der Waals surface area contributed by atoms with Gasteiger partial charge >= 0.3 is 6.03 Å². The number of nitrogens with one attached hydrogen (secondary N) is 4. The summed E-state index contributed by atoms with van der Waals surface area (Å²) >= 11 is 0. The minimum absolute atomic E-state index is 0.146. The molecule has 4 N–H and O–H groups in total. The summed E-state index contributed by atoms with van der Waals surface area (Å²) in [6.45, 7) is 0.321. The van der Waals surface area contributed by atoms with Gasteiger partial charge in [-0.1, -0.05) is 24.3 Å². The first kappa shape index (κ1) is 21.1. The number of nitrogens with zero attached hydrogens (tertiary/aromatic N) is 2. The quantitative estimate of drug-likeness (QED) is 0.343. The van der Waals surface area contributed by atoms with Crippen LogP contribution < -0.4 is 15.4 Å². The summed E-state index contributed by atoms with van der Waals surface area (Å²) < 4.78 is 28.2. The number of sulfonamides is 1. The zero-order chi connectivity index (χ0) is 22.4. The van der Waals surface area contributed by atoms with E-state index in [0.29, 0.717) is 29.2 Å². The fourth-order valence-electron chi connectivity index (χ4n) is 3.00. The van der Waals surface area contributed by atoms with Crippen molar-refractivity contribution in [3.8, 4) is 11.3 Å². The Labute approximate surface area is 185 Å². The van der Waals surface area contributed by atoms with E-state index in [-0.39, 0.29) is 4.90 Å². The van der Waals surface area contributed by atoms with Gasteiger partial charge in [0.25, 0.3) is 10.0 Å². The smallest absolute Gasteiger partial charge is 0.319 e. The van der Waals surface area contributed by atoms with Crippen molar-refractivity contribution < 1.29 is 13.2 Å². The number of rotatable bonds is 7. The SMILES string of the molecule is O=C(NCc1cccnc1)Nc1ccc(NS(=O)(=O)c2ccccc2)c(-c2ccn[nH]2)c1. The van der Waals surface area contributed by atoms with Crippen LogP contribution in [-0.2, 0) is 16.6 Å². The van der Waals surface area contributed by atoms with Gasteiger partial charge in [-0.05, 0) is 48.0 Å². The summed E-state index contributed by atoms with van der Waals surface area (Å²) in [7, 11) is -3.79. The molecular formula is C22H20N6O3S. The molecule has 162 valence electrons. The predicted molar refractivity (Wildman–Crippen MR) is 121 cm³/mol. The normalized spacial score (nSPS) is 11.0. The number of carbonyl (C=O) groups excluding carboxylic acids is 1. The Hall–Kier alpha value is -4.18. The number of anilines is 2. The second kappa shape index (κ2) is 9.31. The summed E-state index contributed by atoms with van der Waals surface area (Å²) in [4.78, 5) is 16.5. The van der Waals surface area contributed by atoms with Crippen molar-refractivity contribution in [1.29, 1.82) is 0 Å².